The molecular weight excluding hydrogens is 807 g/mol. The molecule has 18 heteroatoms. The van der Waals surface area contributed by atoms with Crippen LogP contribution in [0, 0.1) is 23.0 Å². The smallest absolute Gasteiger partial charge is 0.275 e. The zero-order valence-electron chi connectivity index (χ0n) is 32.4. The molecule has 0 radical (unpaired) electrons. The first kappa shape index (κ1) is 41.5. The number of rotatable bonds is 6. The maximum absolute atomic E-state index is 13.0. The monoisotopic (exact) mass is 848 g/mol. The Labute approximate surface area is 345 Å². The molecule has 4 N–H and O–H groups in total. The number of carbonyl (C=O) groups excluding carboxylic acids is 4. The summed E-state index contributed by atoms with van der Waals surface area (Å²) in [5.41, 5.74) is -1.11. The van der Waals surface area contributed by atoms with E-state index >= 15 is 0 Å². The highest BCUT2D eigenvalue weighted by Crippen LogP contribution is 2.39. The Kier molecular flexibility index (Phi) is 11.7. The van der Waals surface area contributed by atoms with Crippen molar-refractivity contribution in [3.05, 3.63) is 127 Å². The first-order valence-electron chi connectivity index (χ1n) is 18.8. The number of amides is 4. The van der Waals surface area contributed by atoms with Crippen molar-refractivity contribution in [1.29, 1.82) is 0 Å². The minimum atomic E-state index is -0.881. The molecule has 14 nitrogen and oxygen atoms in total. The lowest BCUT2D eigenvalue weighted by Crippen LogP contribution is -2.54. The topological polar surface area (TPSA) is 183 Å². The molecule has 4 amide bonds. The highest BCUT2D eigenvalue weighted by molar-refractivity contribution is 8.00. The maximum Gasteiger partial charge on any atom is 0.275 e. The van der Waals surface area contributed by atoms with Crippen LogP contribution in [-0.4, -0.2) is 88.1 Å². The normalized spacial score (nSPS) is 20.3. The lowest BCUT2D eigenvalue weighted by Gasteiger charge is -2.46. The number of hydrogen-bond acceptors (Lipinski definition) is 10. The Morgan fingerprint density at radius 2 is 1.15 bits per heavy atom. The van der Waals surface area contributed by atoms with Gasteiger partial charge in [-0.3, -0.25) is 28.8 Å². The fourth-order valence-electron chi connectivity index (χ4n) is 7.34. The molecule has 4 aliphatic heterocycles. The van der Waals surface area contributed by atoms with Crippen molar-refractivity contribution in [2.75, 3.05) is 24.6 Å². The van der Waals surface area contributed by atoms with E-state index in [4.69, 9.17) is 0 Å². The second-order valence-electron chi connectivity index (χ2n) is 15.8. The number of halogens is 2. The van der Waals surface area contributed by atoms with Crippen LogP contribution in [0.25, 0.3) is 0 Å². The third-order valence-electron chi connectivity index (χ3n) is 10.4. The molecule has 0 saturated carbocycles. The molecule has 2 saturated heterocycles. The highest BCUT2D eigenvalue weighted by atomic mass is 32.2. The van der Waals surface area contributed by atoms with Crippen LogP contribution >= 0.6 is 23.5 Å². The number of carbonyl (C=O) groups is 4. The minimum Gasteiger partial charge on any atom is -0.503 e. The van der Waals surface area contributed by atoms with Gasteiger partial charge in [0.15, 0.2) is 22.9 Å². The zero-order valence-corrected chi connectivity index (χ0v) is 34.0. The van der Waals surface area contributed by atoms with E-state index in [0.29, 0.717) is 43.2 Å². The number of aromatic nitrogens is 2. The average Bonchev–Trinajstić information content (AvgIpc) is 3.20. The van der Waals surface area contributed by atoms with Crippen LogP contribution in [0.4, 0.5) is 8.78 Å². The van der Waals surface area contributed by atoms with E-state index in [-0.39, 0.29) is 63.4 Å². The van der Waals surface area contributed by atoms with Gasteiger partial charge in [0.25, 0.3) is 23.6 Å². The van der Waals surface area contributed by atoms with Crippen molar-refractivity contribution < 1.29 is 38.2 Å². The van der Waals surface area contributed by atoms with Gasteiger partial charge in [-0.25, -0.2) is 8.78 Å². The van der Waals surface area contributed by atoms with Crippen LogP contribution in [0.2, 0.25) is 0 Å². The van der Waals surface area contributed by atoms with Crippen molar-refractivity contribution in [3.63, 3.8) is 0 Å². The molecule has 3 atom stereocenters. The van der Waals surface area contributed by atoms with Crippen LogP contribution in [0.1, 0.15) is 73.6 Å². The first-order valence-corrected chi connectivity index (χ1v) is 20.9. The predicted molar refractivity (Wildman–Crippen MR) is 217 cm³/mol. The molecule has 4 aliphatic rings. The summed E-state index contributed by atoms with van der Waals surface area (Å²) in [6.07, 6.45) is 2.68. The minimum absolute atomic E-state index is 0.0604. The molecule has 310 valence electrons. The van der Waals surface area contributed by atoms with Crippen LogP contribution in [0.3, 0.4) is 0 Å². The molecule has 0 bridgehead atoms. The number of nitrogens with zero attached hydrogens (tertiary/aromatic N) is 4. The molecule has 4 aromatic rings. The molecule has 0 aliphatic carbocycles. The Morgan fingerprint density at radius 1 is 0.712 bits per heavy atom. The third-order valence-corrected chi connectivity index (χ3v) is 13.7. The van der Waals surface area contributed by atoms with Crippen molar-refractivity contribution in [1.82, 2.24) is 29.6 Å². The molecular formula is C41H42F2N6O8S2. The number of nitrogens with one attached hydrogen (secondary N) is 2. The zero-order chi connectivity index (χ0) is 42.3. The Morgan fingerprint density at radius 3 is 1.63 bits per heavy atom. The maximum atomic E-state index is 13.0. The van der Waals surface area contributed by atoms with Gasteiger partial charge < -0.3 is 39.8 Å². The van der Waals surface area contributed by atoms with Crippen molar-refractivity contribution >= 4 is 47.2 Å². The first-order chi connectivity index (χ1) is 28.0. The fraction of sp³-hybridized carbons (Fsp3) is 0.366. The van der Waals surface area contributed by atoms with Crippen LogP contribution in [0.5, 0.6) is 11.5 Å². The molecule has 3 unspecified atom stereocenters. The Balaban J connectivity index is 0.000000179. The van der Waals surface area contributed by atoms with Crippen molar-refractivity contribution in [3.8, 4) is 11.5 Å². The van der Waals surface area contributed by atoms with Crippen LogP contribution in [0.15, 0.2) is 70.5 Å². The number of benzene rings is 2. The summed E-state index contributed by atoms with van der Waals surface area (Å²) in [5.74, 6) is -2.17. The molecule has 6 heterocycles. The highest BCUT2D eigenvalue weighted by Gasteiger charge is 2.43. The molecule has 59 heavy (non-hydrogen) atoms. The quantitative estimate of drug-likeness (QED) is 0.222. The molecule has 0 spiro atoms. The number of hydrogen-bond donors (Lipinski definition) is 4. The summed E-state index contributed by atoms with van der Waals surface area (Å²) in [6, 6.07) is 11.2. The van der Waals surface area contributed by atoms with E-state index in [1.54, 1.807) is 33.3 Å². The number of pyridine rings is 2. The van der Waals surface area contributed by atoms with E-state index < -0.39 is 46.0 Å². The summed E-state index contributed by atoms with van der Waals surface area (Å²) in [4.78, 5) is 79.5. The second kappa shape index (κ2) is 16.6. The van der Waals surface area contributed by atoms with Gasteiger partial charge in [0.05, 0.1) is 23.8 Å². The van der Waals surface area contributed by atoms with E-state index in [1.807, 2.05) is 6.92 Å². The molecule has 2 fully saturated rings. The molecule has 8 rings (SSSR count). The predicted octanol–water partition coefficient (Wildman–Crippen LogP) is 3.97. The van der Waals surface area contributed by atoms with Gasteiger partial charge in [-0.1, -0.05) is 45.0 Å². The summed E-state index contributed by atoms with van der Waals surface area (Å²) < 4.78 is 29.0. The van der Waals surface area contributed by atoms with Gasteiger partial charge in [0, 0.05) is 44.3 Å². The number of fused-ring (bicyclic) bond motifs is 4. The van der Waals surface area contributed by atoms with E-state index in [1.165, 1.54) is 70.1 Å². The molecule has 2 aromatic carbocycles. The van der Waals surface area contributed by atoms with Gasteiger partial charge in [0.1, 0.15) is 22.8 Å². The summed E-state index contributed by atoms with van der Waals surface area (Å²) >= 11 is 3.30. The number of thioether (sulfide) groups is 2. The largest absolute Gasteiger partial charge is 0.503 e. The SMILES string of the molecule is CC1(C)CSC2Cn3cc(C(=O)NCc4ccc(F)cc4)c(=O)c(O)c3C(=O)N2C1.CC1CSC2Cn3cc(C(=O)NCc4ccc(F)cc4)c(=O)c(O)c3C(=O)N2C1. The van der Waals surface area contributed by atoms with Gasteiger partial charge in [-0.2, -0.15) is 0 Å². The summed E-state index contributed by atoms with van der Waals surface area (Å²) in [7, 11) is 0. The van der Waals surface area contributed by atoms with Crippen molar-refractivity contribution in [2.24, 2.45) is 11.3 Å². The third kappa shape index (κ3) is 8.59. The Bertz CT molecular complexity index is 2460. The summed E-state index contributed by atoms with van der Waals surface area (Å²) in [6.45, 7) is 8.27. The fourth-order valence-corrected chi connectivity index (χ4v) is 9.97. The average molecular weight is 849 g/mol. The van der Waals surface area contributed by atoms with Gasteiger partial charge in [-0.15, -0.1) is 23.5 Å². The van der Waals surface area contributed by atoms with Crippen LogP contribution in [-0.2, 0) is 26.2 Å². The van der Waals surface area contributed by atoms with Gasteiger partial charge >= 0.3 is 0 Å². The van der Waals surface area contributed by atoms with Crippen LogP contribution < -0.4 is 21.5 Å². The van der Waals surface area contributed by atoms with E-state index in [2.05, 4.69) is 24.5 Å². The number of aromatic hydroxyl groups is 2. The van der Waals surface area contributed by atoms with Gasteiger partial charge in [0.2, 0.25) is 10.9 Å². The van der Waals surface area contributed by atoms with Crippen molar-refractivity contribution in [2.45, 2.75) is 57.7 Å². The lowest BCUT2D eigenvalue weighted by atomic mass is 9.94. The van der Waals surface area contributed by atoms with Gasteiger partial charge in [-0.05, 0) is 52.5 Å². The van der Waals surface area contributed by atoms with E-state index in [0.717, 1.165) is 11.5 Å². The Hall–Kier alpha value is -5.62. The molecule has 2 aromatic heterocycles. The van der Waals surface area contributed by atoms with E-state index in [9.17, 15) is 47.8 Å². The lowest BCUT2D eigenvalue weighted by molar-refractivity contribution is 0.0577. The summed E-state index contributed by atoms with van der Waals surface area (Å²) in [5, 5.41) is 25.9. The second-order valence-corrected chi connectivity index (χ2v) is 18.2. The standard InChI is InChI=1S/C21H22FN3O4S.C20H20FN3O4S/c1-21(2)10-25-15(30-11-21)9-24-8-14(17(26)18(27)16(24)20(25)29)19(28)23-7-12-3-5-13(22)6-4-12;1-11-7-24-15(29-10-11)9-23-8-14(17(25)18(26)16(23)20(24)28)19(27)22-6-12-2-4-13(21)5-3-12/h3-6,8,15,27H,7,9-11H2,1-2H3,(H,23,28);2-5,8,11,15,26H,6-7,9-10H2,1H3,(H,22,27).